The highest BCUT2D eigenvalue weighted by Crippen LogP contribution is 2.39. The van der Waals surface area contributed by atoms with Crippen molar-refractivity contribution in [3.63, 3.8) is 0 Å². The molecule has 2 heteroatoms. The van der Waals surface area contributed by atoms with Gasteiger partial charge in [0.25, 0.3) is 0 Å². The molecular weight excluding hydrogens is 306 g/mol. The predicted octanol–water partition coefficient (Wildman–Crippen LogP) is 5.76. The highest BCUT2D eigenvalue weighted by atomic mass is 16.5. The van der Waals surface area contributed by atoms with Crippen LogP contribution in [0.5, 0.6) is 0 Å². The number of nitrogens with zero attached hydrogens (tertiary/aromatic N) is 1. The van der Waals surface area contributed by atoms with Crippen LogP contribution >= 0.6 is 0 Å². The van der Waals surface area contributed by atoms with E-state index in [0.29, 0.717) is 0 Å². The minimum Gasteiger partial charge on any atom is -0.362 e. The van der Waals surface area contributed by atoms with E-state index < -0.39 is 0 Å². The summed E-state index contributed by atoms with van der Waals surface area (Å²) >= 11 is 0. The molecule has 0 unspecified atom stereocenters. The second-order valence-corrected chi connectivity index (χ2v) is 8.34. The maximum atomic E-state index is 6.41. The number of hydrogen-bond donors (Lipinski definition) is 0. The molecule has 0 N–H and O–H groups in total. The van der Waals surface area contributed by atoms with Crippen LogP contribution in [0.4, 0.5) is 0 Å². The Morgan fingerprint density at radius 3 is 2.36 bits per heavy atom. The van der Waals surface area contributed by atoms with E-state index in [1.54, 1.807) is 0 Å². The Kier molecular flexibility index (Phi) is 3.77. The standard InChI is InChI=1S/C23H27NO/c1-15-14-24-20-9-7-6-8-19(20)16(2)21(24)22(25-15)17-10-12-18(13-11-17)23(3,4)5/h6-13,15,22H,14H2,1-5H3/t15-,22+/m0/s1. The molecule has 2 atom stereocenters. The zero-order valence-electron chi connectivity index (χ0n) is 15.8. The lowest BCUT2D eigenvalue weighted by Crippen LogP contribution is -2.29. The summed E-state index contributed by atoms with van der Waals surface area (Å²) in [5.41, 5.74) is 6.74. The van der Waals surface area contributed by atoms with Crippen molar-refractivity contribution in [1.29, 1.82) is 0 Å². The summed E-state index contributed by atoms with van der Waals surface area (Å²) in [5.74, 6) is 0. The van der Waals surface area contributed by atoms with E-state index in [4.69, 9.17) is 4.74 Å². The zero-order valence-corrected chi connectivity index (χ0v) is 15.8. The summed E-state index contributed by atoms with van der Waals surface area (Å²) in [6.45, 7) is 12.1. The second-order valence-electron chi connectivity index (χ2n) is 8.34. The van der Waals surface area contributed by atoms with Gasteiger partial charge in [0.1, 0.15) is 6.10 Å². The van der Waals surface area contributed by atoms with Crippen LogP contribution in [0.15, 0.2) is 48.5 Å². The topological polar surface area (TPSA) is 14.2 Å². The van der Waals surface area contributed by atoms with Gasteiger partial charge in [-0.05, 0) is 42.0 Å². The van der Waals surface area contributed by atoms with Gasteiger partial charge in [-0.2, -0.15) is 0 Å². The predicted molar refractivity (Wildman–Crippen MR) is 104 cm³/mol. The molecule has 130 valence electrons. The third-order valence-corrected chi connectivity index (χ3v) is 5.41. The van der Waals surface area contributed by atoms with Crippen molar-refractivity contribution in [2.75, 3.05) is 0 Å². The first-order valence-electron chi connectivity index (χ1n) is 9.20. The Balaban J connectivity index is 1.85. The van der Waals surface area contributed by atoms with E-state index >= 15 is 0 Å². The van der Waals surface area contributed by atoms with Crippen molar-refractivity contribution in [3.05, 3.63) is 70.9 Å². The number of ether oxygens (including phenoxy) is 1. The minimum atomic E-state index is 0.00479. The van der Waals surface area contributed by atoms with E-state index in [1.165, 1.54) is 33.3 Å². The molecule has 0 bridgehead atoms. The Morgan fingerprint density at radius 2 is 1.68 bits per heavy atom. The van der Waals surface area contributed by atoms with Gasteiger partial charge in [-0.15, -0.1) is 0 Å². The normalized spacial score (nSPS) is 20.7. The molecule has 0 spiro atoms. The molecule has 2 aromatic carbocycles. The van der Waals surface area contributed by atoms with Gasteiger partial charge in [0.15, 0.2) is 0 Å². The molecule has 4 rings (SSSR count). The summed E-state index contributed by atoms with van der Waals surface area (Å²) in [5, 5.41) is 1.34. The molecule has 1 aliphatic rings. The number of aryl methyl sites for hydroxylation is 1. The maximum absolute atomic E-state index is 6.41. The van der Waals surface area contributed by atoms with Gasteiger partial charge in [0.2, 0.25) is 0 Å². The Hall–Kier alpha value is -2.06. The molecule has 0 fully saturated rings. The lowest BCUT2D eigenvalue weighted by molar-refractivity contribution is -0.0146. The van der Waals surface area contributed by atoms with Crippen molar-refractivity contribution in [2.24, 2.45) is 0 Å². The average molecular weight is 333 g/mol. The first-order valence-corrected chi connectivity index (χ1v) is 9.20. The third-order valence-electron chi connectivity index (χ3n) is 5.41. The number of hydrogen-bond acceptors (Lipinski definition) is 1. The summed E-state index contributed by atoms with van der Waals surface area (Å²) in [6, 6.07) is 17.7. The lowest BCUT2D eigenvalue weighted by Gasteiger charge is -2.32. The quantitative estimate of drug-likeness (QED) is 0.552. The van der Waals surface area contributed by atoms with Gasteiger partial charge < -0.3 is 9.30 Å². The van der Waals surface area contributed by atoms with Crippen LogP contribution in [-0.4, -0.2) is 10.7 Å². The van der Waals surface area contributed by atoms with Crippen LogP contribution in [0, 0.1) is 6.92 Å². The third kappa shape index (κ3) is 2.69. The molecule has 25 heavy (non-hydrogen) atoms. The fourth-order valence-corrected chi connectivity index (χ4v) is 4.02. The minimum absolute atomic E-state index is 0.00479. The molecule has 0 amide bonds. The van der Waals surface area contributed by atoms with Gasteiger partial charge in [0, 0.05) is 17.4 Å². The van der Waals surface area contributed by atoms with Crippen molar-refractivity contribution >= 4 is 10.9 Å². The maximum Gasteiger partial charge on any atom is 0.123 e. The van der Waals surface area contributed by atoms with Crippen molar-refractivity contribution in [1.82, 2.24) is 4.57 Å². The molecule has 1 aliphatic heterocycles. The summed E-state index contributed by atoms with van der Waals surface area (Å²) < 4.78 is 8.87. The Labute approximate surface area is 150 Å². The SMILES string of the molecule is Cc1c2n(c3ccccc13)C[C@H](C)O[C@@H]2c1ccc(C(C)(C)C)cc1. The van der Waals surface area contributed by atoms with Crippen LogP contribution in [0.1, 0.15) is 56.2 Å². The Bertz CT molecular complexity index is 912. The molecule has 0 radical (unpaired) electrons. The average Bonchev–Trinajstić information content (AvgIpc) is 2.87. The van der Waals surface area contributed by atoms with E-state index in [2.05, 4.69) is 87.7 Å². The highest BCUT2D eigenvalue weighted by molar-refractivity contribution is 5.85. The molecule has 0 saturated heterocycles. The smallest absolute Gasteiger partial charge is 0.123 e. The van der Waals surface area contributed by atoms with Crippen LogP contribution in [-0.2, 0) is 16.7 Å². The summed E-state index contributed by atoms with van der Waals surface area (Å²) in [4.78, 5) is 0. The summed E-state index contributed by atoms with van der Waals surface area (Å²) in [7, 11) is 0. The Morgan fingerprint density at radius 1 is 1.00 bits per heavy atom. The monoisotopic (exact) mass is 333 g/mol. The van der Waals surface area contributed by atoms with Crippen molar-refractivity contribution in [3.8, 4) is 0 Å². The molecule has 0 aliphatic carbocycles. The molecular formula is C23H27NO. The van der Waals surface area contributed by atoms with E-state index in [0.717, 1.165) is 6.54 Å². The van der Waals surface area contributed by atoms with E-state index in [9.17, 15) is 0 Å². The number of aromatic nitrogens is 1. The van der Waals surface area contributed by atoms with Crippen molar-refractivity contribution < 1.29 is 4.74 Å². The zero-order chi connectivity index (χ0) is 17.8. The fourth-order valence-electron chi connectivity index (χ4n) is 4.02. The molecule has 0 saturated carbocycles. The first kappa shape index (κ1) is 16.4. The lowest BCUT2D eigenvalue weighted by atomic mass is 9.86. The second kappa shape index (κ2) is 5.74. The molecule has 2 nitrogen and oxygen atoms in total. The van der Waals surface area contributed by atoms with E-state index in [-0.39, 0.29) is 17.6 Å². The van der Waals surface area contributed by atoms with Gasteiger partial charge in [0.05, 0.1) is 11.8 Å². The molecule has 1 aromatic heterocycles. The van der Waals surface area contributed by atoms with Crippen molar-refractivity contribution in [2.45, 2.75) is 58.8 Å². The van der Waals surface area contributed by atoms with Crippen LogP contribution in [0.2, 0.25) is 0 Å². The highest BCUT2D eigenvalue weighted by Gasteiger charge is 2.30. The number of para-hydroxylation sites is 1. The van der Waals surface area contributed by atoms with Crippen LogP contribution < -0.4 is 0 Å². The first-order chi connectivity index (χ1) is 11.9. The number of benzene rings is 2. The van der Waals surface area contributed by atoms with Crippen LogP contribution in [0.3, 0.4) is 0 Å². The van der Waals surface area contributed by atoms with Gasteiger partial charge in [-0.25, -0.2) is 0 Å². The van der Waals surface area contributed by atoms with Gasteiger partial charge in [-0.3, -0.25) is 0 Å². The summed E-state index contributed by atoms with van der Waals surface area (Å²) in [6.07, 6.45) is 0.208. The fraction of sp³-hybridized carbons (Fsp3) is 0.391. The van der Waals surface area contributed by atoms with Gasteiger partial charge in [-0.1, -0.05) is 63.2 Å². The molecule has 3 aromatic rings. The number of rotatable bonds is 1. The molecule has 2 heterocycles. The number of fused-ring (bicyclic) bond motifs is 3. The van der Waals surface area contributed by atoms with Gasteiger partial charge >= 0.3 is 0 Å². The van der Waals surface area contributed by atoms with E-state index in [1.807, 2.05) is 0 Å². The largest absolute Gasteiger partial charge is 0.362 e. The van der Waals surface area contributed by atoms with Crippen LogP contribution in [0.25, 0.3) is 10.9 Å².